The van der Waals surface area contributed by atoms with E-state index in [-0.39, 0.29) is 6.03 Å². The molecule has 0 aliphatic heterocycles. The lowest BCUT2D eigenvalue weighted by Gasteiger charge is -2.13. The van der Waals surface area contributed by atoms with Crippen molar-refractivity contribution < 1.29 is 9.53 Å². The molecule has 2 aromatic rings. The minimum absolute atomic E-state index is 0.232. The highest BCUT2D eigenvalue weighted by Crippen LogP contribution is 2.31. The highest BCUT2D eigenvalue weighted by molar-refractivity contribution is 5.90. The van der Waals surface area contributed by atoms with Gasteiger partial charge in [0.15, 0.2) is 0 Å². The Morgan fingerprint density at radius 1 is 1.36 bits per heavy atom. The van der Waals surface area contributed by atoms with E-state index in [9.17, 15) is 4.79 Å². The van der Waals surface area contributed by atoms with Gasteiger partial charge in [0.1, 0.15) is 11.6 Å². The summed E-state index contributed by atoms with van der Waals surface area (Å²) in [5, 5.41) is 5.74. The lowest BCUT2D eigenvalue weighted by Crippen LogP contribution is -2.31. The Balaban J connectivity index is 1.50. The topological polar surface area (TPSA) is 68.2 Å². The molecule has 1 saturated carbocycles. The largest absolute Gasteiger partial charge is 0.492 e. The van der Waals surface area contributed by atoms with Crippen LogP contribution in [-0.2, 0) is 13.0 Å². The molecule has 2 N–H and O–H groups in total. The summed E-state index contributed by atoms with van der Waals surface area (Å²) < 4.78 is 7.80. The molecule has 0 bridgehead atoms. The summed E-state index contributed by atoms with van der Waals surface area (Å²) in [4.78, 5) is 16.6. The highest BCUT2D eigenvalue weighted by atomic mass is 16.5. The van der Waals surface area contributed by atoms with E-state index in [0.29, 0.717) is 24.6 Å². The van der Waals surface area contributed by atoms with Gasteiger partial charge in [0, 0.05) is 31.4 Å². The number of carbonyl (C=O) groups is 1. The van der Waals surface area contributed by atoms with Gasteiger partial charge < -0.3 is 19.9 Å². The van der Waals surface area contributed by atoms with Gasteiger partial charge in [0.05, 0.1) is 12.3 Å². The predicted octanol–water partition coefficient (Wildman–Crippen LogP) is 3.36. The Bertz CT molecular complexity index is 722. The average Bonchev–Trinajstić information content (AvgIpc) is 3.35. The van der Waals surface area contributed by atoms with E-state index in [1.54, 1.807) is 0 Å². The molecule has 3 rings (SSSR count). The monoisotopic (exact) mass is 342 g/mol. The molecule has 0 spiro atoms. The molecule has 1 aliphatic rings. The third-order valence-electron chi connectivity index (χ3n) is 4.34. The molecule has 1 heterocycles. The summed E-state index contributed by atoms with van der Waals surface area (Å²) >= 11 is 0. The molecule has 2 amide bonds. The summed E-state index contributed by atoms with van der Waals surface area (Å²) in [6.45, 7) is 6.16. The van der Waals surface area contributed by atoms with E-state index < -0.39 is 0 Å². The first-order valence-electron chi connectivity index (χ1n) is 8.95. The number of amides is 2. The van der Waals surface area contributed by atoms with E-state index in [1.165, 1.54) is 18.5 Å². The zero-order chi connectivity index (χ0) is 17.6. The Kier molecular flexibility index (Phi) is 5.58. The SMILES string of the molecule is CCOc1ccccc1NC(=O)NCCc1ncc(C)n1CC1CC1. The molecule has 6 heteroatoms. The van der Waals surface area contributed by atoms with Crippen molar-refractivity contribution in [1.82, 2.24) is 14.9 Å². The fourth-order valence-corrected chi connectivity index (χ4v) is 2.82. The van der Waals surface area contributed by atoms with Crippen molar-refractivity contribution in [3.8, 4) is 5.75 Å². The second-order valence-electron chi connectivity index (χ2n) is 6.43. The summed E-state index contributed by atoms with van der Waals surface area (Å²) in [7, 11) is 0. The van der Waals surface area contributed by atoms with Crippen LogP contribution in [-0.4, -0.2) is 28.7 Å². The van der Waals surface area contributed by atoms with Gasteiger partial charge in [-0.25, -0.2) is 9.78 Å². The Morgan fingerprint density at radius 3 is 2.92 bits per heavy atom. The minimum Gasteiger partial charge on any atom is -0.492 e. The summed E-state index contributed by atoms with van der Waals surface area (Å²) in [5.74, 6) is 2.52. The third-order valence-corrected chi connectivity index (χ3v) is 4.34. The normalized spacial score (nSPS) is 13.5. The van der Waals surface area contributed by atoms with Gasteiger partial charge in [-0.2, -0.15) is 0 Å². The molecule has 134 valence electrons. The number of nitrogens with zero attached hydrogens (tertiary/aromatic N) is 2. The quantitative estimate of drug-likeness (QED) is 0.773. The van der Waals surface area contributed by atoms with Crippen LogP contribution in [0.25, 0.3) is 0 Å². The van der Waals surface area contributed by atoms with Crippen LogP contribution in [0.15, 0.2) is 30.5 Å². The minimum atomic E-state index is -0.232. The van der Waals surface area contributed by atoms with Crippen LogP contribution in [0.4, 0.5) is 10.5 Å². The Morgan fingerprint density at radius 2 is 2.16 bits per heavy atom. The number of carbonyl (C=O) groups excluding carboxylic acids is 1. The van der Waals surface area contributed by atoms with Gasteiger partial charge in [-0.15, -0.1) is 0 Å². The number of hydrogen-bond donors (Lipinski definition) is 2. The Labute approximate surface area is 148 Å². The molecule has 0 saturated heterocycles. The summed E-state index contributed by atoms with van der Waals surface area (Å²) in [5.41, 5.74) is 1.87. The van der Waals surface area contributed by atoms with E-state index in [0.717, 1.165) is 24.7 Å². The lowest BCUT2D eigenvalue weighted by atomic mass is 10.3. The van der Waals surface area contributed by atoms with Crippen molar-refractivity contribution in [2.75, 3.05) is 18.5 Å². The molecule has 1 aromatic heterocycles. The molecule has 0 unspecified atom stereocenters. The van der Waals surface area contributed by atoms with Crippen molar-refractivity contribution in [2.45, 2.75) is 39.7 Å². The van der Waals surface area contributed by atoms with Crippen LogP contribution in [0, 0.1) is 12.8 Å². The number of imidazole rings is 1. The first kappa shape index (κ1) is 17.3. The standard InChI is InChI=1S/C19H26N4O2/c1-3-25-17-7-5-4-6-16(17)22-19(24)20-11-10-18-21-12-14(2)23(18)13-15-8-9-15/h4-7,12,15H,3,8-11,13H2,1-2H3,(H2,20,22,24). The number of urea groups is 1. The number of rotatable bonds is 8. The van der Waals surface area contributed by atoms with Gasteiger partial charge in [0.25, 0.3) is 0 Å². The van der Waals surface area contributed by atoms with Crippen molar-refractivity contribution >= 4 is 11.7 Å². The highest BCUT2D eigenvalue weighted by Gasteiger charge is 2.23. The van der Waals surface area contributed by atoms with Crippen LogP contribution < -0.4 is 15.4 Å². The predicted molar refractivity (Wildman–Crippen MR) is 98.0 cm³/mol. The van der Waals surface area contributed by atoms with E-state index in [2.05, 4.69) is 27.1 Å². The zero-order valence-corrected chi connectivity index (χ0v) is 14.9. The van der Waals surface area contributed by atoms with Crippen LogP contribution in [0.5, 0.6) is 5.75 Å². The first-order chi connectivity index (χ1) is 12.2. The number of para-hydroxylation sites is 2. The number of benzene rings is 1. The van der Waals surface area contributed by atoms with Crippen LogP contribution in [0.3, 0.4) is 0 Å². The van der Waals surface area contributed by atoms with Crippen LogP contribution >= 0.6 is 0 Å². The number of aromatic nitrogens is 2. The van der Waals surface area contributed by atoms with Gasteiger partial charge >= 0.3 is 6.03 Å². The molecule has 1 fully saturated rings. The maximum absolute atomic E-state index is 12.1. The van der Waals surface area contributed by atoms with E-state index >= 15 is 0 Å². The number of nitrogens with one attached hydrogen (secondary N) is 2. The van der Waals surface area contributed by atoms with Crippen molar-refractivity contribution in [3.63, 3.8) is 0 Å². The smallest absolute Gasteiger partial charge is 0.319 e. The molecular weight excluding hydrogens is 316 g/mol. The first-order valence-corrected chi connectivity index (χ1v) is 8.95. The number of anilines is 1. The molecule has 0 radical (unpaired) electrons. The number of ether oxygens (including phenoxy) is 1. The average molecular weight is 342 g/mol. The van der Waals surface area contributed by atoms with Crippen molar-refractivity contribution in [1.29, 1.82) is 0 Å². The van der Waals surface area contributed by atoms with Crippen LogP contribution in [0.1, 0.15) is 31.3 Å². The van der Waals surface area contributed by atoms with Gasteiger partial charge in [-0.3, -0.25) is 0 Å². The lowest BCUT2D eigenvalue weighted by molar-refractivity contribution is 0.252. The summed E-state index contributed by atoms with van der Waals surface area (Å²) in [6.07, 6.45) is 5.27. The number of aryl methyl sites for hydroxylation is 1. The van der Waals surface area contributed by atoms with Gasteiger partial charge in [-0.1, -0.05) is 12.1 Å². The number of hydrogen-bond acceptors (Lipinski definition) is 3. The van der Waals surface area contributed by atoms with Crippen molar-refractivity contribution in [3.05, 3.63) is 42.0 Å². The molecule has 0 atom stereocenters. The van der Waals surface area contributed by atoms with E-state index in [4.69, 9.17) is 4.74 Å². The second kappa shape index (κ2) is 8.05. The molecular formula is C19H26N4O2. The summed E-state index contributed by atoms with van der Waals surface area (Å²) in [6, 6.07) is 7.20. The van der Waals surface area contributed by atoms with Gasteiger partial charge in [-0.05, 0) is 44.7 Å². The Hall–Kier alpha value is -2.50. The van der Waals surface area contributed by atoms with Gasteiger partial charge in [0.2, 0.25) is 0 Å². The van der Waals surface area contributed by atoms with Crippen molar-refractivity contribution in [2.24, 2.45) is 5.92 Å². The van der Waals surface area contributed by atoms with E-state index in [1.807, 2.05) is 37.4 Å². The maximum Gasteiger partial charge on any atom is 0.319 e. The van der Waals surface area contributed by atoms with Crippen LogP contribution in [0.2, 0.25) is 0 Å². The fourth-order valence-electron chi connectivity index (χ4n) is 2.82. The second-order valence-corrected chi connectivity index (χ2v) is 6.43. The maximum atomic E-state index is 12.1. The molecule has 6 nitrogen and oxygen atoms in total. The molecule has 1 aliphatic carbocycles. The fraction of sp³-hybridized carbons (Fsp3) is 0.474. The zero-order valence-electron chi connectivity index (χ0n) is 14.9. The molecule has 1 aromatic carbocycles. The third kappa shape index (κ3) is 4.75. The molecule has 25 heavy (non-hydrogen) atoms.